The molecular formula is C9H6Cl3NO2S. The molecule has 16 heavy (non-hydrogen) atoms. The zero-order valence-corrected chi connectivity index (χ0v) is 11.1. The summed E-state index contributed by atoms with van der Waals surface area (Å²) >= 11 is 17.5. The first kappa shape index (κ1) is 13.5. The Morgan fingerprint density at radius 1 is 1.31 bits per heavy atom. The third-order valence-electron chi connectivity index (χ3n) is 1.60. The van der Waals surface area contributed by atoms with Crippen LogP contribution in [0.5, 0.6) is 0 Å². The molecule has 0 aliphatic heterocycles. The molecule has 1 aromatic heterocycles. The fourth-order valence-corrected chi connectivity index (χ4v) is 1.91. The summed E-state index contributed by atoms with van der Waals surface area (Å²) in [5, 5.41) is 3.82. The summed E-state index contributed by atoms with van der Waals surface area (Å²) in [6, 6.07) is 1.60. The van der Waals surface area contributed by atoms with E-state index in [4.69, 9.17) is 34.8 Å². The molecule has 0 radical (unpaired) electrons. The number of hydrogen-bond acceptors (Lipinski definition) is 3. The van der Waals surface area contributed by atoms with E-state index in [1.807, 2.05) is 0 Å². The number of hydrogen-bond donors (Lipinski definition) is 1. The molecular weight excluding hydrogens is 293 g/mol. The van der Waals surface area contributed by atoms with Gasteiger partial charge in [0, 0.05) is 6.92 Å². The molecule has 0 aliphatic rings. The molecule has 0 atom stereocenters. The van der Waals surface area contributed by atoms with E-state index in [1.165, 1.54) is 18.3 Å². The number of halogens is 3. The van der Waals surface area contributed by atoms with Crippen molar-refractivity contribution in [3.8, 4) is 0 Å². The van der Waals surface area contributed by atoms with Gasteiger partial charge in [-0.25, -0.2) is 0 Å². The van der Waals surface area contributed by atoms with Crippen molar-refractivity contribution in [1.82, 2.24) is 0 Å². The highest BCUT2D eigenvalue weighted by molar-refractivity contribution is 7.12. The summed E-state index contributed by atoms with van der Waals surface area (Å²) in [4.78, 5) is 23.1. The quantitative estimate of drug-likeness (QED) is 0.682. The van der Waals surface area contributed by atoms with Gasteiger partial charge in [-0.3, -0.25) is 9.59 Å². The Kier molecular flexibility index (Phi) is 4.80. The normalized spacial score (nSPS) is 9.75. The van der Waals surface area contributed by atoms with E-state index < -0.39 is 5.91 Å². The van der Waals surface area contributed by atoms with Gasteiger partial charge in [0.25, 0.3) is 5.91 Å². The van der Waals surface area contributed by atoms with Crippen LogP contribution in [0.3, 0.4) is 0 Å². The van der Waals surface area contributed by atoms with Gasteiger partial charge in [0.15, 0.2) is 5.78 Å². The highest BCUT2D eigenvalue weighted by Gasteiger charge is 2.15. The molecule has 0 saturated carbocycles. The number of ketones is 1. The summed E-state index contributed by atoms with van der Waals surface area (Å²) in [6.07, 6.45) is 0. The molecule has 0 bridgehead atoms. The highest BCUT2D eigenvalue weighted by atomic mass is 35.5. The molecule has 0 aliphatic carbocycles. The highest BCUT2D eigenvalue weighted by Crippen LogP contribution is 2.25. The molecule has 1 amide bonds. The average Bonchev–Trinajstić information content (AvgIpc) is 2.64. The zero-order valence-electron chi connectivity index (χ0n) is 8.01. The van der Waals surface area contributed by atoms with Crippen LogP contribution in [0.4, 0.5) is 5.69 Å². The minimum atomic E-state index is -0.650. The van der Waals surface area contributed by atoms with Gasteiger partial charge in [-0.2, -0.15) is 0 Å². The van der Waals surface area contributed by atoms with Crippen LogP contribution >= 0.6 is 46.1 Å². The minimum Gasteiger partial charge on any atom is -0.320 e. The fraction of sp³-hybridized carbons (Fsp3) is 0.111. The van der Waals surface area contributed by atoms with Crippen molar-refractivity contribution in [2.24, 2.45) is 0 Å². The maximum Gasteiger partial charge on any atom is 0.269 e. The predicted octanol–water partition coefficient (Wildman–Crippen LogP) is 3.77. The largest absolute Gasteiger partial charge is 0.320 e. The lowest BCUT2D eigenvalue weighted by Gasteiger charge is -2.03. The molecule has 1 aromatic rings. The molecule has 1 N–H and O–H groups in total. The van der Waals surface area contributed by atoms with Crippen LogP contribution in [0.15, 0.2) is 21.0 Å². The molecule has 0 saturated heterocycles. The average molecular weight is 299 g/mol. The summed E-state index contributed by atoms with van der Waals surface area (Å²) in [6.45, 7) is 1.41. The summed E-state index contributed by atoms with van der Waals surface area (Å²) in [7, 11) is 0. The van der Waals surface area contributed by atoms with Gasteiger partial charge >= 0.3 is 0 Å². The van der Waals surface area contributed by atoms with Crippen LogP contribution in [0.2, 0.25) is 0 Å². The number of thiophene rings is 1. The Hall–Kier alpha value is -0.550. The van der Waals surface area contributed by atoms with Crippen LogP contribution < -0.4 is 5.32 Å². The van der Waals surface area contributed by atoms with E-state index in [1.54, 1.807) is 11.4 Å². The van der Waals surface area contributed by atoms with E-state index in [2.05, 4.69) is 5.32 Å². The molecule has 1 heterocycles. The molecule has 0 fully saturated rings. The van der Waals surface area contributed by atoms with E-state index in [-0.39, 0.29) is 15.3 Å². The number of nitrogens with one attached hydrogen (secondary N) is 1. The van der Waals surface area contributed by atoms with Crippen LogP contribution in [-0.2, 0) is 4.79 Å². The number of carbonyl (C=O) groups excluding carboxylic acids is 2. The molecule has 0 spiro atoms. The maximum absolute atomic E-state index is 11.5. The van der Waals surface area contributed by atoms with Crippen molar-refractivity contribution in [3.63, 3.8) is 0 Å². The Bertz CT molecular complexity index is 463. The van der Waals surface area contributed by atoms with Crippen molar-refractivity contribution in [1.29, 1.82) is 0 Å². The van der Waals surface area contributed by atoms with Gasteiger partial charge in [0.1, 0.15) is 9.52 Å². The Balaban J connectivity index is 2.90. The Morgan fingerprint density at radius 2 is 1.94 bits per heavy atom. The first-order valence-electron chi connectivity index (χ1n) is 4.04. The number of carbonyl (C=O) groups is 2. The lowest BCUT2D eigenvalue weighted by atomic mass is 10.3. The van der Waals surface area contributed by atoms with Crippen molar-refractivity contribution in [2.75, 3.05) is 5.32 Å². The van der Waals surface area contributed by atoms with Crippen LogP contribution in [-0.4, -0.2) is 11.7 Å². The topological polar surface area (TPSA) is 46.2 Å². The van der Waals surface area contributed by atoms with Gasteiger partial charge in [0.2, 0.25) is 0 Å². The SMILES string of the molecule is CC(=O)c1sccc1NC(=O)C(Cl)=C(Cl)Cl. The second-order valence-corrected chi connectivity index (χ2v) is 4.99. The van der Waals surface area contributed by atoms with Crippen LogP contribution in [0, 0.1) is 0 Å². The van der Waals surface area contributed by atoms with Crippen LogP contribution in [0.25, 0.3) is 0 Å². The Labute approximate surface area is 111 Å². The van der Waals surface area contributed by atoms with Crippen LogP contribution in [0.1, 0.15) is 16.6 Å². The number of anilines is 1. The van der Waals surface area contributed by atoms with Gasteiger partial charge in [-0.05, 0) is 11.4 Å². The molecule has 86 valence electrons. The first-order valence-corrected chi connectivity index (χ1v) is 6.05. The maximum atomic E-state index is 11.5. The molecule has 1 rings (SSSR count). The number of Topliss-reactive ketones (excluding diaryl/α,β-unsaturated/α-hetero) is 1. The fourth-order valence-electron chi connectivity index (χ4n) is 0.943. The van der Waals surface area contributed by atoms with Gasteiger partial charge in [0.05, 0.1) is 10.6 Å². The van der Waals surface area contributed by atoms with Gasteiger partial charge in [-0.1, -0.05) is 34.8 Å². The lowest BCUT2D eigenvalue weighted by molar-refractivity contribution is -0.112. The van der Waals surface area contributed by atoms with Crippen molar-refractivity contribution < 1.29 is 9.59 Å². The smallest absolute Gasteiger partial charge is 0.269 e. The van der Waals surface area contributed by atoms with Crippen molar-refractivity contribution in [3.05, 3.63) is 25.8 Å². The van der Waals surface area contributed by atoms with E-state index in [0.29, 0.717) is 10.6 Å². The van der Waals surface area contributed by atoms with E-state index >= 15 is 0 Å². The standard InChI is InChI=1S/C9H6Cl3NO2S/c1-4(14)7-5(2-3-16-7)13-9(15)6(10)8(11)12/h2-3H,1H3,(H,13,15). The third-order valence-corrected chi connectivity index (χ3v) is 3.55. The monoisotopic (exact) mass is 297 g/mol. The lowest BCUT2D eigenvalue weighted by Crippen LogP contribution is -2.13. The Morgan fingerprint density at radius 3 is 2.44 bits per heavy atom. The third kappa shape index (κ3) is 3.22. The number of amides is 1. The van der Waals surface area contributed by atoms with Gasteiger partial charge in [-0.15, -0.1) is 11.3 Å². The molecule has 7 heteroatoms. The molecule has 3 nitrogen and oxygen atoms in total. The summed E-state index contributed by atoms with van der Waals surface area (Å²) in [5.74, 6) is -0.787. The second kappa shape index (κ2) is 5.68. The number of rotatable bonds is 3. The first-order chi connectivity index (χ1) is 7.43. The van der Waals surface area contributed by atoms with Crippen molar-refractivity contribution >= 4 is 63.5 Å². The van der Waals surface area contributed by atoms with E-state index in [0.717, 1.165) is 0 Å². The van der Waals surface area contributed by atoms with E-state index in [9.17, 15) is 9.59 Å². The minimum absolute atomic E-state index is 0.137. The van der Waals surface area contributed by atoms with Gasteiger partial charge < -0.3 is 5.32 Å². The molecule has 0 unspecified atom stereocenters. The van der Waals surface area contributed by atoms with Crippen molar-refractivity contribution in [2.45, 2.75) is 6.92 Å². The second-order valence-electron chi connectivity index (χ2n) is 2.75. The zero-order chi connectivity index (χ0) is 12.3. The summed E-state index contributed by atoms with van der Waals surface area (Å²) < 4.78 is -0.321. The molecule has 0 aromatic carbocycles. The summed E-state index contributed by atoms with van der Waals surface area (Å²) in [5.41, 5.74) is 0.398. The predicted molar refractivity (Wildman–Crippen MR) is 67.5 cm³/mol.